The second-order valence-electron chi connectivity index (χ2n) is 8.55. The molecule has 8 nitrogen and oxygen atoms in total. The van der Waals surface area contributed by atoms with Gasteiger partial charge in [0.05, 0.1) is 47.1 Å². The Morgan fingerprint density at radius 1 is 1.03 bits per heavy atom. The molecule has 1 aliphatic carbocycles. The predicted molar refractivity (Wildman–Crippen MR) is 130 cm³/mol. The van der Waals surface area contributed by atoms with Gasteiger partial charge in [0.25, 0.3) is 5.91 Å². The Labute approximate surface area is 202 Å². The molecule has 2 N–H and O–H groups in total. The number of amides is 3. The molecule has 9 heteroatoms. The predicted octanol–water partition coefficient (Wildman–Crippen LogP) is 3.39. The maximum absolute atomic E-state index is 13.2. The van der Waals surface area contributed by atoms with Crippen LogP contribution < -0.4 is 20.7 Å². The largest absolute Gasteiger partial charge is 0.378 e. The number of allylic oxidation sites excluding steroid dienone is 2. The van der Waals surface area contributed by atoms with Gasteiger partial charge in [-0.25, -0.2) is 5.01 Å². The molecule has 2 heterocycles. The summed E-state index contributed by atoms with van der Waals surface area (Å²) in [5.74, 6) is -1.43. The molecule has 5 rings (SSSR count). The van der Waals surface area contributed by atoms with E-state index in [1.807, 2.05) is 18.2 Å². The molecule has 2 unspecified atom stereocenters. The fourth-order valence-electron chi connectivity index (χ4n) is 4.69. The summed E-state index contributed by atoms with van der Waals surface area (Å²) in [5.41, 5.74) is 4.86. The lowest BCUT2D eigenvalue weighted by Gasteiger charge is -2.38. The highest BCUT2D eigenvalue weighted by molar-refractivity contribution is 6.34. The second-order valence-corrected chi connectivity index (χ2v) is 8.95. The van der Waals surface area contributed by atoms with Gasteiger partial charge in [-0.3, -0.25) is 19.8 Å². The third-order valence-corrected chi connectivity index (χ3v) is 6.76. The molecule has 2 saturated heterocycles. The van der Waals surface area contributed by atoms with Gasteiger partial charge in [-0.15, -0.1) is 0 Å². The minimum Gasteiger partial charge on any atom is -0.378 e. The summed E-state index contributed by atoms with van der Waals surface area (Å²) in [6, 6.07) is 12.1. The summed E-state index contributed by atoms with van der Waals surface area (Å²) in [4.78, 5) is 40.9. The van der Waals surface area contributed by atoms with E-state index < -0.39 is 5.92 Å². The number of nitrogens with zero attached hydrogens (tertiary/aromatic N) is 2. The van der Waals surface area contributed by atoms with Gasteiger partial charge in [0.15, 0.2) is 0 Å². The Balaban J connectivity index is 1.38. The lowest BCUT2D eigenvalue weighted by atomic mass is 9.80. The van der Waals surface area contributed by atoms with Crippen molar-refractivity contribution in [2.75, 3.05) is 41.5 Å². The lowest BCUT2D eigenvalue weighted by Crippen LogP contribution is -2.59. The van der Waals surface area contributed by atoms with Gasteiger partial charge in [-0.2, -0.15) is 0 Å². The number of hydrazine groups is 1. The normalized spacial score (nSPS) is 22.3. The van der Waals surface area contributed by atoms with Crippen LogP contribution in [-0.2, 0) is 14.3 Å². The van der Waals surface area contributed by atoms with Crippen LogP contribution in [0.2, 0.25) is 5.02 Å². The first-order valence-corrected chi connectivity index (χ1v) is 11.7. The number of fused-ring (bicyclic) bond motifs is 1. The van der Waals surface area contributed by atoms with E-state index in [1.165, 1.54) is 5.01 Å². The molecule has 2 aromatic carbocycles. The molecule has 34 heavy (non-hydrogen) atoms. The second kappa shape index (κ2) is 9.48. The van der Waals surface area contributed by atoms with Crippen molar-refractivity contribution in [3.05, 3.63) is 65.2 Å². The number of nitrogens with one attached hydrogen (secondary N) is 2. The molecular formula is C25H25ClN4O4. The van der Waals surface area contributed by atoms with Crippen molar-refractivity contribution in [3.63, 3.8) is 0 Å². The number of halogens is 1. The van der Waals surface area contributed by atoms with E-state index in [2.05, 4.69) is 15.6 Å². The van der Waals surface area contributed by atoms with Gasteiger partial charge >= 0.3 is 0 Å². The van der Waals surface area contributed by atoms with Crippen LogP contribution in [0.1, 0.15) is 23.2 Å². The molecule has 0 saturated carbocycles. The molecule has 3 amide bonds. The zero-order valence-electron chi connectivity index (χ0n) is 18.5. The lowest BCUT2D eigenvalue weighted by molar-refractivity contribution is -0.139. The van der Waals surface area contributed by atoms with Gasteiger partial charge in [0.1, 0.15) is 0 Å². The SMILES string of the molecule is O=C(Nc1cccc(Cl)c1N1CCOCC1)c1cccc(N2NC(=O)C3CC=CCC3C2=O)c1. The van der Waals surface area contributed by atoms with Crippen LogP contribution in [0.4, 0.5) is 17.1 Å². The molecule has 0 radical (unpaired) electrons. The fraction of sp³-hybridized carbons (Fsp3) is 0.320. The summed E-state index contributed by atoms with van der Waals surface area (Å²) >= 11 is 6.48. The number of hydrogen-bond donors (Lipinski definition) is 2. The topological polar surface area (TPSA) is 91.0 Å². The molecule has 2 aromatic rings. The first kappa shape index (κ1) is 22.4. The van der Waals surface area contributed by atoms with Crippen LogP contribution in [0.15, 0.2) is 54.6 Å². The zero-order valence-corrected chi connectivity index (χ0v) is 19.3. The van der Waals surface area contributed by atoms with Gasteiger partial charge in [0.2, 0.25) is 11.8 Å². The number of carbonyl (C=O) groups is 3. The number of hydrogen-bond acceptors (Lipinski definition) is 5. The van der Waals surface area contributed by atoms with Gasteiger partial charge in [0, 0.05) is 18.7 Å². The monoisotopic (exact) mass is 480 g/mol. The number of rotatable bonds is 4. The van der Waals surface area contributed by atoms with E-state index in [4.69, 9.17) is 16.3 Å². The Morgan fingerprint density at radius 2 is 1.76 bits per heavy atom. The Kier molecular flexibility index (Phi) is 6.26. The van der Waals surface area contributed by atoms with Gasteiger partial charge in [-0.05, 0) is 43.2 Å². The Hall–Kier alpha value is -3.36. The van der Waals surface area contributed by atoms with Crippen LogP contribution in [-0.4, -0.2) is 44.0 Å². The Bertz CT molecular complexity index is 1160. The number of ether oxygens (including phenoxy) is 1. The summed E-state index contributed by atoms with van der Waals surface area (Å²) in [7, 11) is 0. The zero-order chi connectivity index (χ0) is 23.7. The maximum Gasteiger partial charge on any atom is 0.255 e. The van der Waals surface area contributed by atoms with Crippen LogP contribution >= 0.6 is 11.6 Å². The highest BCUT2D eigenvalue weighted by atomic mass is 35.5. The molecule has 176 valence electrons. The molecule has 0 spiro atoms. The van der Waals surface area contributed by atoms with Crippen LogP contribution in [0.3, 0.4) is 0 Å². The summed E-state index contributed by atoms with van der Waals surface area (Å²) in [6.07, 6.45) is 4.97. The fourth-order valence-corrected chi connectivity index (χ4v) is 4.98. The number of anilines is 3. The maximum atomic E-state index is 13.2. The average molecular weight is 481 g/mol. The standard InChI is InChI=1S/C25H25ClN4O4/c26-20-9-4-10-21(22(20)29-11-13-34-14-12-29)27-23(31)16-5-3-6-17(15-16)30-25(33)19-8-2-1-7-18(19)24(32)28-30/h1-6,9-10,15,18-19H,7-8,11-14H2,(H,27,31)(H,28,32). The third-order valence-electron chi connectivity index (χ3n) is 6.46. The van der Waals surface area contributed by atoms with Crippen LogP contribution in [0.25, 0.3) is 0 Å². The van der Waals surface area contributed by atoms with Crippen molar-refractivity contribution in [3.8, 4) is 0 Å². The van der Waals surface area contributed by atoms with Gasteiger partial charge in [-0.1, -0.05) is 35.9 Å². The molecule has 2 aliphatic heterocycles. The van der Waals surface area contributed by atoms with Crippen molar-refractivity contribution in [1.29, 1.82) is 0 Å². The minimum atomic E-state index is -0.390. The number of carbonyl (C=O) groups excluding carboxylic acids is 3. The minimum absolute atomic E-state index is 0.170. The van der Waals surface area contributed by atoms with Crippen molar-refractivity contribution < 1.29 is 19.1 Å². The van der Waals surface area contributed by atoms with E-state index in [0.717, 1.165) is 5.69 Å². The van der Waals surface area contributed by atoms with Gasteiger partial charge < -0.3 is 15.0 Å². The molecule has 0 aromatic heterocycles. The highest BCUT2D eigenvalue weighted by Gasteiger charge is 2.42. The van der Waals surface area contributed by atoms with Crippen molar-refractivity contribution in [2.45, 2.75) is 12.8 Å². The van der Waals surface area contributed by atoms with E-state index in [-0.39, 0.29) is 23.6 Å². The molecule has 3 aliphatic rings. The van der Waals surface area contributed by atoms with Crippen LogP contribution in [0.5, 0.6) is 0 Å². The number of benzene rings is 2. The van der Waals surface area contributed by atoms with Crippen LogP contribution in [0, 0.1) is 11.8 Å². The van der Waals surface area contributed by atoms with Crippen molar-refractivity contribution in [2.24, 2.45) is 11.8 Å². The highest BCUT2D eigenvalue weighted by Crippen LogP contribution is 2.35. The van der Waals surface area contributed by atoms with Crippen molar-refractivity contribution >= 4 is 46.4 Å². The van der Waals surface area contributed by atoms with Crippen molar-refractivity contribution in [1.82, 2.24) is 5.43 Å². The summed E-state index contributed by atoms with van der Waals surface area (Å²) in [6.45, 7) is 2.54. The summed E-state index contributed by atoms with van der Waals surface area (Å²) < 4.78 is 5.43. The van der Waals surface area contributed by atoms with E-state index >= 15 is 0 Å². The molecule has 2 atom stereocenters. The first-order chi connectivity index (χ1) is 16.5. The molecule has 0 bridgehead atoms. The summed E-state index contributed by atoms with van der Waals surface area (Å²) in [5, 5.41) is 4.76. The third kappa shape index (κ3) is 4.26. The van der Waals surface area contributed by atoms with E-state index in [9.17, 15) is 14.4 Å². The van der Waals surface area contributed by atoms with E-state index in [1.54, 1.807) is 36.4 Å². The van der Waals surface area contributed by atoms with E-state index in [0.29, 0.717) is 61.1 Å². The first-order valence-electron chi connectivity index (χ1n) is 11.3. The molecular weight excluding hydrogens is 456 g/mol. The number of para-hydroxylation sites is 1. The quantitative estimate of drug-likeness (QED) is 0.654. The number of morpholine rings is 1. The molecule has 2 fully saturated rings. The smallest absolute Gasteiger partial charge is 0.255 e. The average Bonchev–Trinajstić information content (AvgIpc) is 2.87. The Morgan fingerprint density at radius 3 is 2.56 bits per heavy atom.